The lowest BCUT2D eigenvalue weighted by Crippen LogP contribution is -2.26. The lowest BCUT2D eigenvalue weighted by atomic mass is 10.2. The molecule has 0 aliphatic carbocycles. The molecular weight excluding hydrogens is 211 g/mol. The highest BCUT2D eigenvalue weighted by molar-refractivity contribution is 5.94. The van der Waals surface area contributed by atoms with Crippen LogP contribution in [0.5, 0.6) is 0 Å². The van der Waals surface area contributed by atoms with Gasteiger partial charge in [-0.15, -0.1) is 0 Å². The fraction of sp³-hybridized carbons (Fsp3) is 0.364. The van der Waals surface area contributed by atoms with Gasteiger partial charge in [0.05, 0.1) is 5.69 Å². The Balaban J connectivity index is 2.75. The first kappa shape index (κ1) is 12.4. The summed E-state index contributed by atoms with van der Waals surface area (Å²) in [5, 5.41) is 5.25. The molecule has 0 aliphatic heterocycles. The summed E-state index contributed by atoms with van der Waals surface area (Å²) in [5.74, 6) is -0.718. The molecular formula is C11H15FN2O2. The first-order valence-electron chi connectivity index (χ1n) is 4.89. The molecule has 0 heterocycles. The zero-order valence-corrected chi connectivity index (χ0v) is 9.50. The van der Waals surface area contributed by atoms with E-state index in [1.165, 1.54) is 13.2 Å². The van der Waals surface area contributed by atoms with Crippen molar-refractivity contribution in [1.29, 1.82) is 0 Å². The molecule has 1 amide bonds. The number of hydrogen-bond acceptors (Lipinski definition) is 3. The van der Waals surface area contributed by atoms with Gasteiger partial charge in [-0.2, -0.15) is 0 Å². The van der Waals surface area contributed by atoms with Gasteiger partial charge >= 0.3 is 0 Å². The van der Waals surface area contributed by atoms with Crippen molar-refractivity contribution in [2.45, 2.75) is 13.0 Å². The van der Waals surface area contributed by atoms with Gasteiger partial charge in [0.15, 0.2) is 0 Å². The van der Waals surface area contributed by atoms with Crippen molar-refractivity contribution < 1.29 is 13.9 Å². The number of nitrogens with one attached hydrogen (secondary N) is 2. The van der Waals surface area contributed by atoms with Crippen molar-refractivity contribution >= 4 is 17.3 Å². The van der Waals surface area contributed by atoms with Crippen LogP contribution in [0.15, 0.2) is 18.2 Å². The van der Waals surface area contributed by atoms with Crippen LogP contribution in [0.3, 0.4) is 0 Å². The number of amides is 1. The van der Waals surface area contributed by atoms with E-state index in [1.807, 2.05) is 0 Å². The lowest BCUT2D eigenvalue weighted by Gasteiger charge is -2.11. The van der Waals surface area contributed by atoms with Gasteiger partial charge in [-0.25, -0.2) is 4.39 Å². The van der Waals surface area contributed by atoms with E-state index in [9.17, 15) is 9.18 Å². The Bertz CT molecular complexity index is 382. The molecule has 2 N–H and O–H groups in total. The molecule has 1 unspecified atom stereocenters. The van der Waals surface area contributed by atoms with Crippen LogP contribution in [0, 0.1) is 5.82 Å². The Morgan fingerprint density at radius 1 is 1.50 bits per heavy atom. The molecule has 0 saturated heterocycles. The molecule has 1 rings (SSSR count). The third kappa shape index (κ3) is 2.93. The van der Waals surface area contributed by atoms with Gasteiger partial charge < -0.3 is 15.4 Å². The molecule has 88 valence electrons. The number of carbonyl (C=O) groups is 1. The minimum absolute atomic E-state index is 0.306. The van der Waals surface area contributed by atoms with Crippen molar-refractivity contribution in [1.82, 2.24) is 0 Å². The number of halogens is 1. The molecule has 0 bridgehead atoms. The number of rotatable bonds is 4. The zero-order chi connectivity index (χ0) is 12.1. The van der Waals surface area contributed by atoms with E-state index in [-0.39, 0.29) is 5.91 Å². The number of hydrogen-bond donors (Lipinski definition) is 2. The average molecular weight is 226 g/mol. The number of methoxy groups -OCH3 is 1. The maximum absolute atomic E-state index is 13.3. The molecule has 4 nitrogen and oxygen atoms in total. The van der Waals surface area contributed by atoms with Gasteiger partial charge in [0.25, 0.3) is 5.91 Å². The van der Waals surface area contributed by atoms with Crippen molar-refractivity contribution in [3.05, 3.63) is 24.0 Å². The summed E-state index contributed by atoms with van der Waals surface area (Å²) in [6.45, 7) is 1.62. The van der Waals surface area contributed by atoms with Crippen LogP contribution in [0.2, 0.25) is 0 Å². The summed E-state index contributed by atoms with van der Waals surface area (Å²) < 4.78 is 18.2. The van der Waals surface area contributed by atoms with E-state index in [2.05, 4.69) is 10.6 Å². The topological polar surface area (TPSA) is 50.4 Å². The third-order valence-corrected chi connectivity index (χ3v) is 2.23. The first-order valence-corrected chi connectivity index (χ1v) is 4.89. The van der Waals surface area contributed by atoms with Crippen LogP contribution in [-0.2, 0) is 9.53 Å². The Morgan fingerprint density at radius 2 is 2.19 bits per heavy atom. The fourth-order valence-electron chi connectivity index (χ4n) is 1.15. The van der Waals surface area contributed by atoms with Crippen LogP contribution in [-0.4, -0.2) is 26.2 Å². The Labute approximate surface area is 93.8 Å². The van der Waals surface area contributed by atoms with Crippen LogP contribution >= 0.6 is 0 Å². The monoisotopic (exact) mass is 226 g/mol. The standard InChI is InChI=1S/C11H15FN2O2/c1-7(16-3)11(15)14-8-4-5-10(13-2)9(12)6-8/h4-7,13H,1-3H3,(H,14,15). The summed E-state index contributed by atoms with van der Waals surface area (Å²) in [7, 11) is 3.07. The second-order valence-corrected chi connectivity index (χ2v) is 3.31. The van der Waals surface area contributed by atoms with Crippen LogP contribution in [0.4, 0.5) is 15.8 Å². The quantitative estimate of drug-likeness (QED) is 0.823. The van der Waals surface area contributed by atoms with E-state index < -0.39 is 11.9 Å². The molecule has 0 radical (unpaired) electrons. The molecule has 0 aromatic heterocycles. The number of anilines is 2. The molecule has 0 saturated carbocycles. The van der Waals surface area contributed by atoms with E-state index >= 15 is 0 Å². The molecule has 1 aromatic carbocycles. The smallest absolute Gasteiger partial charge is 0.253 e. The summed E-state index contributed by atoms with van der Waals surface area (Å²) in [6.07, 6.45) is -0.563. The normalized spacial score (nSPS) is 12.0. The van der Waals surface area contributed by atoms with Crippen molar-refractivity contribution in [3.8, 4) is 0 Å². The number of carbonyl (C=O) groups excluding carboxylic acids is 1. The molecule has 0 spiro atoms. The van der Waals surface area contributed by atoms with E-state index in [0.717, 1.165) is 0 Å². The summed E-state index contributed by atoms with van der Waals surface area (Å²) in [4.78, 5) is 11.4. The Hall–Kier alpha value is -1.62. The van der Waals surface area contributed by atoms with Crippen molar-refractivity contribution in [2.75, 3.05) is 24.8 Å². The van der Waals surface area contributed by atoms with Crippen LogP contribution in [0.1, 0.15) is 6.92 Å². The second-order valence-electron chi connectivity index (χ2n) is 3.31. The average Bonchev–Trinajstić information content (AvgIpc) is 2.28. The molecule has 1 aromatic rings. The van der Waals surface area contributed by atoms with Crippen LogP contribution < -0.4 is 10.6 Å². The Kier molecular flexibility index (Phi) is 4.25. The molecule has 16 heavy (non-hydrogen) atoms. The van der Waals surface area contributed by atoms with E-state index in [4.69, 9.17) is 4.74 Å². The first-order chi connectivity index (χ1) is 7.58. The lowest BCUT2D eigenvalue weighted by molar-refractivity contribution is -0.124. The van der Waals surface area contributed by atoms with Gasteiger partial charge in [0.2, 0.25) is 0 Å². The van der Waals surface area contributed by atoms with Gasteiger partial charge in [-0.1, -0.05) is 0 Å². The molecule has 0 aliphatic rings. The van der Waals surface area contributed by atoms with Crippen molar-refractivity contribution in [3.63, 3.8) is 0 Å². The molecule has 0 fully saturated rings. The summed E-state index contributed by atoms with van der Waals surface area (Å²) in [5.41, 5.74) is 0.795. The SMILES string of the molecule is CNc1ccc(NC(=O)C(C)OC)cc1F. The highest BCUT2D eigenvalue weighted by Crippen LogP contribution is 2.18. The minimum Gasteiger partial charge on any atom is -0.386 e. The third-order valence-electron chi connectivity index (χ3n) is 2.23. The summed E-state index contributed by atoms with van der Waals surface area (Å²) in [6, 6.07) is 4.43. The number of benzene rings is 1. The highest BCUT2D eigenvalue weighted by Gasteiger charge is 2.12. The number of ether oxygens (including phenoxy) is 1. The molecule has 5 heteroatoms. The van der Waals surface area contributed by atoms with E-state index in [1.54, 1.807) is 26.1 Å². The van der Waals surface area contributed by atoms with E-state index in [0.29, 0.717) is 11.4 Å². The van der Waals surface area contributed by atoms with Gasteiger partial charge in [0.1, 0.15) is 11.9 Å². The second kappa shape index (κ2) is 5.46. The Morgan fingerprint density at radius 3 is 2.69 bits per heavy atom. The minimum atomic E-state index is -0.563. The predicted molar refractivity (Wildman–Crippen MR) is 61.0 cm³/mol. The largest absolute Gasteiger partial charge is 0.386 e. The van der Waals surface area contributed by atoms with Gasteiger partial charge in [-0.05, 0) is 25.1 Å². The fourth-order valence-corrected chi connectivity index (χ4v) is 1.15. The maximum Gasteiger partial charge on any atom is 0.253 e. The predicted octanol–water partition coefficient (Wildman–Crippen LogP) is 1.84. The zero-order valence-electron chi connectivity index (χ0n) is 9.50. The van der Waals surface area contributed by atoms with Gasteiger partial charge in [-0.3, -0.25) is 4.79 Å². The van der Waals surface area contributed by atoms with Crippen LogP contribution in [0.25, 0.3) is 0 Å². The highest BCUT2D eigenvalue weighted by atomic mass is 19.1. The summed E-state index contributed by atoms with van der Waals surface area (Å²) >= 11 is 0. The molecule has 1 atom stereocenters. The van der Waals surface area contributed by atoms with Gasteiger partial charge in [0, 0.05) is 19.8 Å². The van der Waals surface area contributed by atoms with Crippen molar-refractivity contribution in [2.24, 2.45) is 0 Å². The maximum atomic E-state index is 13.3.